The van der Waals surface area contributed by atoms with Crippen LogP contribution in [0.4, 0.5) is 14.9 Å². The number of likely N-dealkylation sites (tertiary alicyclic amines) is 1. The lowest BCUT2D eigenvalue weighted by Gasteiger charge is -2.25. The number of nitrogens with one attached hydrogen (secondary N) is 1. The van der Waals surface area contributed by atoms with E-state index in [1.54, 1.807) is 12.1 Å². The first-order valence-corrected chi connectivity index (χ1v) is 9.24. The number of carbonyl (C=O) groups excluding carboxylic acids is 1. The van der Waals surface area contributed by atoms with Gasteiger partial charge in [-0.15, -0.1) is 0 Å². The fourth-order valence-electron chi connectivity index (χ4n) is 3.06. The van der Waals surface area contributed by atoms with E-state index < -0.39 is 0 Å². The summed E-state index contributed by atoms with van der Waals surface area (Å²) in [6.07, 6.45) is 5.78. The van der Waals surface area contributed by atoms with Crippen molar-refractivity contribution in [2.45, 2.75) is 38.7 Å². The molecular formula is C21H25FN2O2. The Morgan fingerprint density at radius 2 is 1.69 bits per heavy atom. The average molecular weight is 356 g/mol. The Morgan fingerprint density at radius 3 is 2.42 bits per heavy atom. The summed E-state index contributed by atoms with van der Waals surface area (Å²) in [5, 5.41) is 2.96. The maximum atomic E-state index is 12.9. The van der Waals surface area contributed by atoms with Crippen LogP contribution < -0.4 is 10.1 Å². The number of hydrogen-bond donors (Lipinski definition) is 1. The number of nitrogens with zero attached hydrogens (tertiary/aromatic N) is 1. The van der Waals surface area contributed by atoms with E-state index in [1.165, 1.54) is 31.4 Å². The molecule has 26 heavy (non-hydrogen) atoms. The van der Waals surface area contributed by atoms with Crippen molar-refractivity contribution in [2.75, 3.05) is 18.4 Å². The van der Waals surface area contributed by atoms with Gasteiger partial charge in [0.05, 0.1) is 0 Å². The first kappa shape index (κ1) is 18.2. The predicted molar refractivity (Wildman–Crippen MR) is 101 cm³/mol. The first-order valence-electron chi connectivity index (χ1n) is 9.24. The molecule has 2 aromatic carbocycles. The van der Waals surface area contributed by atoms with Crippen LogP contribution in [0, 0.1) is 5.82 Å². The largest absolute Gasteiger partial charge is 0.489 e. The van der Waals surface area contributed by atoms with Crippen molar-refractivity contribution >= 4 is 11.7 Å². The number of benzene rings is 2. The minimum Gasteiger partial charge on any atom is -0.489 e. The molecule has 138 valence electrons. The van der Waals surface area contributed by atoms with Gasteiger partial charge in [0.25, 0.3) is 0 Å². The monoisotopic (exact) mass is 356 g/mol. The number of carbonyl (C=O) groups is 1. The number of rotatable bonds is 4. The van der Waals surface area contributed by atoms with E-state index in [0.29, 0.717) is 18.0 Å². The summed E-state index contributed by atoms with van der Waals surface area (Å²) < 4.78 is 18.7. The molecule has 0 aromatic heterocycles. The third-order valence-corrected chi connectivity index (χ3v) is 4.55. The van der Waals surface area contributed by atoms with Crippen LogP contribution in [0.3, 0.4) is 0 Å². The van der Waals surface area contributed by atoms with Gasteiger partial charge >= 0.3 is 6.03 Å². The van der Waals surface area contributed by atoms with Crippen LogP contribution in [-0.2, 0) is 6.61 Å². The molecule has 0 bridgehead atoms. The molecule has 1 N–H and O–H groups in total. The van der Waals surface area contributed by atoms with Crippen LogP contribution in [-0.4, -0.2) is 24.0 Å². The number of amides is 2. The quantitative estimate of drug-likeness (QED) is 0.818. The lowest BCUT2D eigenvalue weighted by atomic mass is 10.1. The molecule has 5 heteroatoms. The summed E-state index contributed by atoms with van der Waals surface area (Å²) >= 11 is 0. The molecule has 2 aromatic rings. The zero-order valence-electron chi connectivity index (χ0n) is 14.9. The van der Waals surface area contributed by atoms with E-state index in [2.05, 4.69) is 5.32 Å². The molecule has 3 rings (SSSR count). The van der Waals surface area contributed by atoms with Crippen LogP contribution in [0.2, 0.25) is 0 Å². The Hall–Kier alpha value is -2.56. The minimum absolute atomic E-state index is 0.0532. The molecule has 1 heterocycles. The van der Waals surface area contributed by atoms with Crippen molar-refractivity contribution in [2.24, 2.45) is 0 Å². The molecule has 4 nitrogen and oxygen atoms in total. The highest BCUT2D eigenvalue weighted by molar-refractivity contribution is 5.89. The van der Waals surface area contributed by atoms with Crippen molar-refractivity contribution in [1.29, 1.82) is 0 Å². The second-order valence-electron chi connectivity index (χ2n) is 6.63. The van der Waals surface area contributed by atoms with Crippen molar-refractivity contribution in [3.05, 3.63) is 59.9 Å². The second kappa shape index (κ2) is 9.22. The molecule has 1 fully saturated rings. The summed E-state index contributed by atoms with van der Waals surface area (Å²) in [6, 6.07) is 13.5. The Bertz CT molecular complexity index is 710. The molecule has 1 aliphatic heterocycles. The Balaban J connectivity index is 1.56. The molecule has 0 unspecified atom stereocenters. The second-order valence-corrected chi connectivity index (χ2v) is 6.63. The molecule has 1 saturated heterocycles. The van der Waals surface area contributed by atoms with Gasteiger partial charge in [0.1, 0.15) is 18.2 Å². The van der Waals surface area contributed by atoms with E-state index >= 15 is 0 Å². The SMILES string of the molecule is O=C(Nc1cccc(OCc2ccc(F)cc2)c1)N1CCCCCCC1. The predicted octanol–water partition coefficient (Wildman–Crippen LogP) is 5.20. The summed E-state index contributed by atoms with van der Waals surface area (Å²) in [5.74, 6) is 0.405. The number of urea groups is 1. The highest BCUT2D eigenvalue weighted by Gasteiger charge is 2.14. The highest BCUT2D eigenvalue weighted by Crippen LogP contribution is 2.20. The van der Waals surface area contributed by atoms with Gasteiger partial charge in [-0.25, -0.2) is 9.18 Å². The molecule has 2 amide bonds. The zero-order chi connectivity index (χ0) is 18.2. The number of anilines is 1. The van der Waals surface area contributed by atoms with Gasteiger partial charge in [-0.1, -0.05) is 37.5 Å². The van der Waals surface area contributed by atoms with Gasteiger partial charge in [0, 0.05) is 24.8 Å². The van der Waals surface area contributed by atoms with Gasteiger partial charge in [0.15, 0.2) is 0 Å². The van der Waals surface area contributed by atoms with E-state index in [-0.39, 0.29) is 11.8 Å². The van der Waals surface area contributed by atoms with Crippen LogP contribution in [0.15, 0.2) is 48.5 Å². The van der Waals surface area contributed by atoms with Crippen LogP contribution in [0.5, 0.6) is 5.75 Å². The smallest absolute Gasteiger partial charge is 0.321 e. The van der Waals surface area contributed by atoms with Gasteiger partial charge in [-0.2, -0.15) is 0 Å². The average Bonchev–Trinajstić information content (AvgIpc) is 2.61. The maximum Gasteiger partial charge on any atom is 0.321 e. The molecule has 0 saturated carbocycles. The Labute approximate surface area is 154 Å². The van der Waals surface area contributed by atoms with Gasteiger partial charge in [-0.3, -0.25) is 0 Å². The van der Waals surface area contributed by atoms with Crippen LogP contribution in [0.1, 0.15) is 37.7 Å². The van der Waals surface area contributed by atoms with Crippen LogP contribution in [0.25, 0.3) is 0 Å². The topological polar surface area (TPSA) is 41.6 Å². The molecule has 0 aliphatic carbocycles. The lowest BCUT2D eigenvalue weighted by molar-refractivity contribution is 0.206. The highest BCUT2D eigenvalue weighted by atomic mass is 19.1. The lowest BCUT2D eigenvalue weighted by Crippen LogP contribution is -2.37. The van der Waals surface area contributed by atoms with E-state index in [4.69, 9.17) is 4.74 Å². The van der Waals surface area contributed by atoms with Crippen molar-refractivity contribution < 1.29 is 13.9 Å². The Morgan fingerprint density at radius 1 is 1.00 bits per heavy atom. The number of ether oxygens (including phenoxy) is 1. The zero-order valence-corrected chi connectivity index (χ0v) is 14.9. The third-order valence-electron chi connectivity index (χ3n) is 4.55. The maximum absolute atomic E-state index is 12.9. The fraction of sp³-hybridized carbons (Fsp3) is 0.381. The van der Waals surface area contributed by atoms with Crippen molar-refractivity contribution in [3.8, 4) is 5.75 Å². The van der Waals surface area contributed by atoms with Gasteiger partial charge in [0.2, 0.25) is 0 Å². The summed E-state index contributed by atoms with van der Waals surface area (Å²) in [5.41, 5.74) is 1.61. The number of halogens is 1. The summed E-state index contributed by atoms with van der Waals surface area (Å²) in [6.45, 7) is 1.98. The van der Waals surface area contributed by atoms with E-state index in [0.717, 1.165) is 31.5 Å². The normalized spacial score (nSPS) is 15.0. The summed E-state index contributed by atoms with van der Waals surface area (Å²) in [4.78, 5) is 14.4. The minimum atomic E-state index is -0.261. The van der Waals surface area contributed by atoms with Crippen LogP contribution >= 0.6 is 0 Å². The van der Waals surface area contributed by atoms with E-state index in [9.17, 15) is 9.18 Å². The third kappa shape index (κ3) is 5.48. The standard InChI is InChI=1S/C21H25FN2O2/c22-18-11-9-17(10-12-18)16-26-20-8-6-7-19(15-20)23-21(25)24-13-4-2-1-3-5-14-24/h6-12,15H,1-5,13-14,16H2,(H,23,25). The molecule has 0 atom stereocenters. The van der Waals surface area contributed by atoms with Gasteiger partial charge < -0.3 is 15.0 Å². The molecule has 1 aliphatic rings. The van der Waals surface area contributed by atoms with Gasteiger partial charge in [-0.05, 0) is 42.7 Å². The van der Waals surface area contributed by atoms with Crippen molar-refractivity contribution in [1.82, 2.24) is 4.90 Å². The van der Waals surface area contributed by atoms with Crippen molar-refractivity contribution in [3.63, 3.8) is 0 Å². The number of hydrogen-bond acceptors (Lipinski definition) is 2. The molecule has 0 spiro atoms. The van der Waals surface area contributed by atoms with E-state index in [1.807, 2.05) is 29.2 Å². The summed E-state index contributed by atoms with van der Waals surface area (Å²) in [7, 11) is 0. The fourth-order valence-corrected chi connectivity index (χ4v) is 3.06. The Kier molecular flexibility index (Phi) is 6.47. The first-order chi connectivity index (χ1) is 12.7. The molecular weight excluding hydrogens is 331 g/mol. The molecule has 0 radical (unpaired) electrons.